The summed E-state index contributed by atoms with van der Waals surface area (Å²) in [5.41, 5.74) is 7.78. The van der Waals surface area contributed by atoms with Gasteiger partial charge in [0.05, 0.1) is 0 Å². The van der Waals surface area contributed by atoms with Gasteiger partial charge >= 0.3 is 0 Å². The van der Waals surface area contributed by atoms with Crippen molar-refractivity contribution in [1.29, 1.82) is 10.5 Å². The number of nitrogens with two attached hydrogens (primary N) is 1. The Morgan fingerprint density at radius 3 is 2.39 bits per heavy atom. The van der Waals surface area contributed by atoms with E-state index in [1.165, 1.54) is 0 Å². The minimum atomic E-state index is -0.134. The number of carbonyl (C=O) groups is 2. The number of benzene rings is 1. The van der Waals surface area contributed by atoms with Crippen LogP contribution in [0.5, 0.6) is 0 Å². The first-order valence-electron chi connectivity index (χ1n) is 10.0. The van der Waals surface area contributed by atoms with Gasteiger partial charge in [-0.3, -0.25) is 9.59 Å². The molecule has 0 radical (unpaired) electrons. The Kier molecular flexibility index (Phi) is 4.87. The van der Waals surface area contributed by atoms with Crippen LogP contribution in [0, 0.1) is 52.3 Å². The van der Waals surface area contributed by atoms with Crippen molar-refractivity contribution in [3.05, 3.63) is 46.5 Å². The third kappa shape index (κ3) is 2.79. The highest BCUT2D eigenvalue weighted by molar-refractivity contribution is 6.03. The Hall–Kier alpha value is -2.76. The van der Waals surface area contributed by atoms with E-state index in [-0.39, 0.29) is 46.7 Å². The molecule has 0 aromatic heterocycles. The van der Waals surface area contributed by atoms with E-state index >= 15 is 0 Å². The lowest BCUT2D eigenvalue weighted by Crippen LogP contribution is -2.41. The summed E-state index contributed by atoms with van der Waals surface area (Å²) in [6.45, 7) is 0.448. The largest absolute Gasteiger partial charge is 0.326 e. The smallest absolute Gasteiger partial charge is 0.166 e. The van der Waals surface area contributed by atoms with Gasteiger partial charge in [-0.15, -0.1) is 0 Å². The maximum atomic E-state index is 13.3. The van der Waals surface area contributed by atoms with Crippen LogP contribution in [0.2, 0.25) is 0 Å². The number of rotatable bonds is 3. The topological polar surface area (TPSA) is 108 Å². The zero-order chi connectivity index (χ0) is 19.8. The second kappa shape index (κ2) is 7.34. The first-order chi connectivity index (χ1) is 13.6. The molecular weight excluding hydrogens is 350 g/mol. The third-order valence-electron chi connectivity index (χ3n) is 7.06. The number of nitrogens with zero attached hydrogens (tertiary/aromatic N) is 2. The predicted molar refractivity (Wildman–Crippen MR) is 102 cm³/mol. The summed E-state index contributed by atoms with van der Waals surface area (Å²) < 4.78 is 0. The average molecular weight is 373 g/mol. The maximum absolute atomic E-state index is 13.3. The molecule has 0 spiro atoms. The molecule has 3 fully saturated rings. The second-order valence-electron chi connectivity index (χ2n) is 8.21. The van der Waals surface area contributed by atoms with Gasteiger partial charge < -0.3 is 5.73 Å². The van der Waals surface area contributed by atoms with Gasteiger partial charge in [0.25, 0.3) is 0 Å². The number of allylic oxidation sites excluding steroid dienone is 2. The van der Waals surface area contributed by atoms with E-state index < -0.39 is 0 Å². The normalized spacial score (nSPS) is 30.9. The van der Waals surface area contributed by atoms with Gasteiger partial charge in [-0.1, -0.05) is 30.7 Å². The number of hydrogen-bond acceptors (Lipinski definition) is 5. The van der Waals surface area contributed by atoms with E-state index in [2.05, 4.69) is 0 Å². The fourth-order valence-electron chi connectivity index (χ4n) is 5.89. The summed E-state index contributed by atoms with van der Waals surface area (Å²) >= 11 is 0. The Labute approximate surface area is 164 Å². The fraction of sp³-hybridized carbons (Fsp3) is 0.478. The second-order valence-corrected chi connectivity index (χ2v) is 8.21. The Balaban J connectivity index is 1.67. The quantitative estimate of drug-likeness (QED) is 0.497. The molecule has 0 heterocycles. The van der Waals surface area contributed by atoms with Crippen molar-refractivity contribution in [2.45, 2.75) is 38.6 Å². The molecule has 28 heavy (non-hydrogen) atoms. The van der Waals surface area contributed by atoms with Crippen molar-refractivity contribution in [2.75, 3.05) is 0 Å². The van der Waals surface area contributed by atoms with Gasteiger partial charge in [0, 0.05) is 29.5 Å². The number of ketones is 2. The molecule has 5 unspecified atom stereocenters. The third-order valence-corrected chi connectivity index (χ3v) is 7.06. The van der Waals surface area contributed by atoms with E-state index in [4.69, 9.17) is 5.73 Å². The number of carbonyl (C=O) groups excluding carboxylic acids is 2. The summed E-state index contributed by atoms with van der Waals surface area (Å²) in [6.07, 6.45) is 4.06. The molecule has 1 aromatic carbocycles. The van der Waals surface area contributed by atoms with Crippen LogP contribution in [0.3, 0.4) is 0 Å². The lowest BCUT2D eigenvalue weighted by atomic mass is 9.59. The van der Waals surface area contributed by atoms with Crippen LogP contribution in [0.1, 0.15) is 48.0 Å². The Morgan fingerprint density at radius 2 is 1.75 bits per heavy atom. The van der Waals surface area contributed by atoms with Gasteiger partial charge in [0.1, 0.15) is 17.7 Å². The Morgan fingerprint density at radius 1 is 1.04 bits per heavy atom. The van der Waals surface area contributed by atoms with Crippen molar-refractivity contribution in [3.8, 4) is 12.1 Å². The van der Waals surface area contributed by atoms with Gasteiger partial charge in [0.2, 0.25) is 0 Å². The SMILES string of the molecule is N#CC(C#N)=C1C(=O)C2CCC(C(=O)c3ccc(CN)cc3)C3CCCC1C23. The number of Topliss-reactive ketones (excluding diaryl/α,β-unsaturated/α-hetero) is 2. The molecule has 1 aromatic rings. The van der Waals surface area contributed by atoms with Crippen LogP contribution in [-0.2, 0) is 11.3 Å². The van der Waals surface area contributed by atoms with Crippen LogP contribution in [-0.4, -0.2) is 11.6 Å². The van der Waals surface area contributed by atoms with E-state index in [1.54, 1.807) is 0 Å². The summed E-state index contributed by atoms with van der Waals surface area (Å²) in [5, 5.41) is 18.6. The van der Waals surface area contributed by atoms with Crippen molar-refractivity contribution in [2.24, 2.45) is 35.3 Å². The molecule has 0 bridgehead atoms. The molecular formula is C23H23N3O2. The molecule has 3 saturated carbocycles. The zero-order valence-corrected chi connectivity index (χ0v) is 15.7. The lowest BCUT2D eigenvalue weighted by molar-refractivity contribution is -0.120. The highest BCUT2D eigenvalue weighted by atomic mass is 16.1. The van der Waals surface area contributed by atoms with Crippen LogP contribution in [0.15, 0.2) is 35.4 Å². The molecule has 3 aliphatic carbocycles. The molecule has 2 N–H and O–H groups in total. The summed E-state index contributed by atoms with van der Waals surface area (Å²) in [7, 11) is 0. The van der Waals surface area contributed by atoms with E-state index in [9.17, 15) is 20.1 Å². The molecule has 4 rings (SSSR count). The van der Waals surface area contributed by atoms with Crippen molar-refractivity contribution in [3.63, 3.8) is 0 Å². The lowest BCUT2D eigenvalue weighted by Gasteiger charge is -2.44. The first-order valence-corrected chi connectivity index (χ1v) is 10.0. The van der Waals surface area contributed by atoms with Gasteiger partial charge in [-0.2, -0.15) is 10.5 Å². The fourth-order valence-corrected chi connectivity index (χ4v) is 5.89. The van der Waals surface area contributed by atoms with Crippen molar-refractivity contribution in [1.82, 2.24) is 0 Å². The highest BCUT2D eigenvalue weighted by Crippen LogP contribution is 2.57. The monoisotopic (exact) mass is 373 g/mol. The highest BCUT2D eigenvalue weighted by Gasteiger charge is 2.56. The molecule has 0 aliphatic heterocycles. The zero-order valence-electron chi connectivity index (χ0n) is 15.7. The standard InChI is InChI=1S/C23H23N3O2/c24-10-13-4-6-14(7-5-13)22(27)17-8-9-19-21-16(17)2-1-3-18(21)20(23(19)28)15(11-25)12-26/h4-7,16-19,21H,1-3,8-10,24H2. The Bertz CT molecular complexity index is 916. The van der Waals surface area contributed by atoms with Crippen LogP contribution >= 0.6 is 0 Å². The van der Waals surface area contributed by atoms with Gasteiger partial charge in [-0.05, 0) is 49.0 Å². The molecule has 5 heteroatoms. The molecule has 0 saturated heterocycles. The molecule has 142 valence electrons. The number of nitriles is 2. The number of hydrogen-bond donors (Lipinski definition) is 1. The van der Waals surface area contributed by atoms with Gasteiger partial charge in [0.15, 0.2) is 11.6 Å². The summed E-state index contributed by atoms with van der Waals surface area (Å²) in [4.78, 5) is 26.3. The van der Waals surface area contributed by atoms with Gasteiger partial charge in [-0.25, -0.2) is 0 Å². The average Bonchev–Trinajstić information content (AvgIpc) is 3.03. The van der Waals surface area contributed by atoms with E-state index in [1.807, 2.05) is 36.4 Å². The van der Waals surface area contributed by atoms with Crippen molar-refractivity contribution < 1.29 is 9.59 Å². The van der Waals surface area contributed by atoms with Crippen molar-refractivity contribution >= 4 is 11.6 Å². The first kappa shape index (κ1) is 18.6. The molecule has 0 amide bonds. The minimum absolute atomic E-state index is 0.0156. The maximum Gasteiger partial charge on any atom is 0.166 e. The summed E-state index contributed by atoms with van der Waals surface area (Å²) in [5.74, 6) is 0.119. The molecule has 5 atom stereocenters. The van der Waals surface area contributed by atoms with Crippen LogP contribution in [0.4, 0.5) is 0 Å². The molecule has 5 nitrogen and oxygen atoms in total. The van der Waals surface area contributed by atoms with E-state index in [0.29, 0.717) is 30.5 Å². The van der Waals surface area contributed by atoms with Crippen LogP contribution in [0.25, 0.3) is 0 Å². The van der Waals surface area contributed by atoms with Crippen LogP contribution < -0.4 is 5.73 Å². The summed E-state index contributed by atoms with van der Waals surface area (Å²) in [6, 6.07) is 11.4. The molecule has 3 aliphatic rings. The predicted octanol–water partition coefficient (Wildman–Crippen LogP) is 3.31. The minimum Gasteiger partial charge on any atom is -0.326 e. The van der Waals surface area contributed by atoms with E-state index in [0.717, 1.165) is 24.8 Å².